The zero-order valence-corrected chi connectivity index (χ0v) is 7.27. The summed E-state index contributed by atoms with van der Waals surface area (Å²) in [4.78, 5) is 10.7. The molecule has 0 aliphatic rings. The van der Waals surface area contributed by atoms with Crippen LogP contribution < -0.4 is 5.32 Å². The summed E-state index contributed by atoms with van der Waals surface area (Å²) in [5.74, 6) is -0.255. The average molecular weight is 179 g/mol. The molecule has 0 radical (unpaired) electrons. The lowest BCUT2D eigenvalue weighted by molar-refractivity contribution is -0.121. The summed E-state index contributed by atoms with van der Waals surface area (Å²) in [5.41, 5.74) is -0.931. The number of aliphatic hydroxyl groups is 2. The SMILES string of the molecule is CC(CO)(CO)NC(=O)CS. The summed E-state index contributed by atoms with van der Waals surface area (Å²) in [6, 6.07) is 0. The topological polar surface area (TPSA) is 69.6 Å². The van der Waals surface area contributed by atoms with E-state index in [4.69, 9.17) is 10.2 Å². The molecule has 0 aliphatic heterocycles. The molecule has 4 nitrogen and oxygen atoms in total. The summed E-state index contributed by atoms with van der Waals surface area (Å²) in [5, 5.41) is 19.9. The van der Waals surface area contributed by atoms with Crippen molar-refractivity contribution in [3.63, 3.8) is 0 Å². The van der Waals surface area contributed by atoms with E-state index in [0.717, 1.165) is 0 Å². The van der Waals surface area contributed by atoms with Gasteiger partial charge in [-0.2, -0.15) is 12.6 Å². The molecule has 1 amide bonds. The minimum absolute atomic E-state index is 0.0512. The molecule has 11 heavy (non-hydrogen) atoms. The number of carbonyl (C=O) groups is 1. The molecule has 0 saturated carbocycles. The highest BCUT2D eigenvalue weighted by Gasteiger charge is 2.23. The molecule has 0 fully saturated rings. The molecule has 0 spiro atoms. The Morgan fingerprint density at radius 2 is 2.00 bits per heavy atom. The molecular formula is C6H13NO3S. The van der Waals surface area contributed by atoms with E-state index < -0.39 is 5.54 Å². The van der Waals surface area contributed by atoms with Gasteiger partial charge in [0.1, 0.15) is 0 Å². The minimum atomic E-state index is -0.931. The van der Waals surface area contributed by atoms with E-state index in [1.165, 1.54) is 0 Å². The standard InChI is InChI=1S/C6H13NO3S/c1-6(3-8,4-9)7-5(10)2-11/h8-9,11H,2-4H2,1H3,(H,7,10). The summed E-state index contributed by atoms with van der Waals surface area (Å²) >= 11 is 3.73. The highest BCUT2D eigenvalue weighted by Crippen LogP contribution is 1.99. The Labute approximate surface area is 71.0 Å². The third-order valence-corrected chi connectivity index (χ3v) is 1.57. The van der Waals surface area contributed by atoms with Crippen molar-refractivity contribution in [2.24, 2.45) is 0 Å². The summed E-state index contributed by atoms with van der Waals surface area (Å²) in [6.07, 6.45) is 0. The van der Waals surface area contributed by atoms with Crippen LogP contribution in [0.4, 0.5) is 0 Å². The molecule has 0 heterocycles. The zero-order valence-electron chi connectivity index (χ0n) is 6.37. The van der Waals surface area contributed by atoms with Gasteiger partial charge in [0.2, 0.25) is 5.91 Å². The molecule has 0 aromatic heterocycles. The van der Waals surface area contributed by atoms with Gasteiger partial charge in [-0.15, -0.1) is 0 Å². The van der Waals surface area contributed by atoms with Gasteiger partial charge in [0, 0.05) is 0 Å². The molecule has 0 bridgehead atoms. The van der Waals surface area contributed by atoms with Crippen LogP contribution in [-0.2, 0) is 4.79 Å². The number of rotatable bonds is 4. The van der Waals surface area contributed by atoms with Gasteiger partial charge < -0.3 is 15.5 Å². The predicted octanol–water partition coefficient (Wildman–Crippen LogP) is -1.22. The first-order valence-corrected chi connectivity index (χ1v) is 3.85. The minimum Gasteiger partial charge on any atom is -0.394 e. The van der Waals surface area contributed by atoms with Gasteiger partial charge in [-0.1, -0.05) is 0 Å². The highest BCUT2D eigenvalue weighted by molar-refractivity contribution is 7.81. The fourth-order valence-electron chi connectivity index (χ4n) is 0.505. The van der Waals surface area contributed by atoms with Crippen LogP contribution in [0.25, 0.3) is 0 Å². The van der Waals surface area contributed by atoms with E-state index in [9.17, 15) is 4.79 Å². The maximum Gasteiger partial charge on any atom is 0.230 e. The van der Waals surface area contributed by atoms with Crippen molar-refractivity contribution in [1.29, 1.82) is 0 Å². The van der Waals surface area contributed by atoms with Crippen molar-refractivity contribution < 1.29 is 15.0 Å². The third-order valence-electron chi connectivity index (χ3n) is 1.28. The van der Waals surface area contributed by atoms with Crippen LogP contribution in [0.3, 0.4) is 0 Å². The predicted molar refractivity (Wildman–Crippen MR) is 44.6 cm³/mol. The second-order valence-electron chi connectivity index (χ2n) is 2.58. The third kappa shape index (κ3) is 3.60. The molecule has 66 valence electrons. The van der Waals surface area contributed by atoms with Crippen LogP contribution in [-0.4, -0.2) is 40.6 Å². The quantitative estimate of drug-likeness (QED) is 0.409. The monoisotopic (exact) mass is 179 g/mol. The first-order chi connectivity index (χ1) is 5.08. The number of hydrogen-bond donors (Lipinski definition) is 4. The summed E-state index contributed by atoms with van der Waals surface area (Å²) in [7, 11) is 0. The fourth-order valence-corrected chi connectivity index (χ4v) is 0.584. The van der Waals surface area contributed by atoms with Crippen LogP contribution in [0.15, 0.2) is 0 Å². The Bertz CT molecular complexity index is 136. The van der Waals surface area contributed by atoms with Gasteiger partial charge in [-0.05, 0) is 6.92 Å². The van der Waals surface area contributed by atoms with Crippen LogP contribution in [0.2, 0.25) is 0 Å². The van der Waals surface area contributed by atoms with E-state index in [1.54, 1.807) is 6.92 Å². The Hall–Kier alpha value is -0.260. The molecule has 0 aromatic carbocycles. The molecule has 3 N–H and O–H groups in total. The maximum absolute atomic E-state index is 10.7. The number of carbonyl (C=O) groups excluding carboxylic acids is 1. The van der Waals surface area contributed by atoms with E-state index in [-0.39, 0.29) is 24.9 Å². The van der Waals surface area contributed by atoms with E-state index in [1.807, 2.05) is 0 Å². The highest BCUT2D eigenvalue weighted by atomic mass is 32.1. The first-order valence-electron chi connectivity index (χ1n) is 3.21. The normalized spacial score (nSPS) is 11.3. The van der Waals surface area contributed by atoms with Crippen LogP contribution in [0.5, 0.6) is 0 Å². The van der Waals surface area contributed by atoms with Crippen LogP contribution >= 0.6 is 12.6 Å². The lowest BCUT2D eigenvalue weighted by Gasteiger charge is -2.25. The Kier molecular flexibility index (Phi) is 4.48. The van der Waals surface area contributed by atoms with E-state index in [0.29, 0.717) is 0 Å². The lowest BCUT2D eigenvalue weighted by Crippen LogP contribution is -2.52. The smallest absolute Gasteiger partial charge is 0.230 e. The van der Waals surface area contributed by atoms with Crippen molar-refractivity contribution >= 4 is 18.5 Å². The molecule has 0 rings (SSSR count). The molecular weight excluding hydrogens is 166 g/mol. The number of hydrogen-bond acceptors (Lipinski definition) is 4. The van der Waals surface area contributed by atoms with Gasteiger partial charge in [0.05, 0.1) is 24.5 Å². The molecule has 0 unspecified atom stereocenters. The molecule has 0 aliphatic carbocycles. The van der Waals surface area contributed by atoms with Crippen molar-refractivity contribution in [3.8, 4) is 0 Å². The summed E-state index contributed by atoms with van der Waals surface area (Å²) < 4.78 is 0. The molecule has 0 aromatic rings. The summed E-state index contributed by atoms with van der Waals surface area (Å²) in [6.45, 7) is 0.973. The van der Waals surface area contributed by atoms with Crippen LogP contribution in [0, 0.1) is 0 Å². The largest absolute Gasteiger partial charge is 0.394 e. The van der Waals surface area contributed by atoms with Crippen molar-refractivity contribution in [2.45, 2.75) is 12.5 Å². The van der Waals surface area contributed by atoms with E-state index >= 15 is 0 Å². The average Bonchev–Trinajstić information content (AvgIpc) is 2.04. The van der Waals surface area contributed by atoms with E-state index in [2.05, 4.69) is 17.9 Å². The Morgan fingerprint density at radius 3 is 2.27 bits per heavy atom. The van der Waals surface area contributed by atoms with Gasteiger partial charge in [0.25, 0.3) is 0 Å². The second-order valence-corrected chi connectivity index (χ2v) is 2.90. The maximum atomic E-state index is 10.7. The number of thiol groups is 1. The Morgan fingerprint density at radius 1 is 1.55 bits per heavy atom. The van der Waals surface area contributed by atoms with Crippen molar-refractivity contribution in [1.82, 2.24) is 5.32 Å². The van der Waals surface area contributed by atoms with Gasteiger partial charge in [-0.3, -0.25) is 4.79 Å². The lowest BCUT2D eigenvalue weighted by atomic mass is 10.1. The molecule has 0 atom stereocenters. The number of nitrogens with one attached hydrogen (secondary N) is 1. The first kappa shape index (κ1) is 10.7. The zero-order chi connectivity index (χ0) is 8.91. The van der Waals surface area contributed by atoms with Gasteiger partial charge in [0.15, 0.2) is 0 Å². The Balaban J connectivity index is 3.96. The molecule has 5 heteroatoms. The van der Waals surface area contributed by atoms with Crippen LogP contribution in [0.1, 0.15) is 6.92 Å². The van der Waals surface area contributed by atoms with Gasteiger partial charge in [-0.25, -0.2) is 0 Å². The second kappa shape index (κ2) is 4.58. The number of amides is 1. The molecule has 0 saturated heterocycles. The van der Waals surface area contributed by atoms with Crippen molar-refractivity contribution in [2.75, 3.05) is 19.0 Å². The fraction of sp³-hybridized carbons (Fsp3) is 0.833. The van der Waals surface area contributed by atoms with Gasteiger partial charge >= 0.3 is 0 Å². The number of aliphatic hydroxyl groups excluding tert-OH is 2. The van der Waals surface area contributed by atoms with Crippen molar-refractivity contribution in [3.05, 3.63) is 0 Å².